The van der Waals surface area contributed by atoms with E-state index in [2.05, 4.69) is 4.98 Å². The normalized spacial score (nSPS) is 14.0. The summed E-state index contributed by atoms with van der Waals surface area (Å²) in [5, 5.41) is 0.780. The second-order valence-electron chi connectivity index (χ2n) is 4.47. The van der Waals surface area contributed by atoms with Gasteiger partial charge in [-0.2, -0.15) is 0 Å². The summed E-state index contributed by atoms with van der Waals surface area (Å²) in [6.07, 6.45) is 0. The van der Waals surface area contributed by atoms with Gasteiger partial charge in [-0.1, -0.05) is 42.1 Å². The SMILES string of the molecule is O=C1c2ccccc2CSc2nc3ccccc3n21. The third-order valence-electron chi connectivity index (χ3n) is 3.34. The van der Waals surface area contributed by atoms with Crippen molar-refractivity contribution in [2.75, 3.05) is 0 Å². The monoisotopic (exact) mass is 266 g/mol. The molecular formula is C15H10N2OS. The largest absolute Gasteiger partial charge is 0.268 e. The highest BCUT2D eigenvalue weighted by atomic mass is 32.2. The molecule has 4 heteroatoms. The fraction of sp³-hybridized carbons (Fsp3) is 0.0667. The minimum absolute atomic E-state index is 0.0179. The molecule has 3 aromatic rings. The van der Waals surface area contributed by atoms with Crippen LogP contribution in [0.1, 0.15) is 15.9 Å². The number of para-hydroxylation sites is 2. The van der Waals surface area contributed by atoms with Gasteiger partial charge in [0.1, 0.15) is 0 Å². The summed E-state index contributed by atoms with van der Waals surface area (Å²) in [4.78, 5) is 17.3. The van der Waals surface area contributed by atoms with Crippen LogP contribution in [0.5, 0.6) is 0 Å². The Bertz CT molecular complexity index is 807. The molecule has 0 fully saturated rings. The predicted molar refractivity (Wildman–Crippen MR) is 75.5 cm³/mol. The number of rotatable bonds is 0. The Morgan fingerprint density at radius 1 is 1.05 bits per heavy atom. The highest BCUT2D eigenvalue weighted by molar-refractivity contribution is 7.98. The van der Waals surface area contributed by atoms with E-state index in [0.29, 0.717) is 0 Å². The molecule has 19 heavy (non-hydrogen) atoms. The summed E-state index contributed by atoms with van der Waals surface area (Å²) in [6, 6.07) is 15.5. The Morgan fingerprint density at radius 3 is 2.79 bits per heavy atom. The molecule has 0 saturated carbocycles. The topological polar surface area (TPSA) is 34.9 Å². The van der Waals surface area contributed by atoms with Crippen molar-refractivity contribution in [3.63, 3.8) is 0 Å². The molecule has 0 bridgehead atoms. The average molecular weight is 266 g/mol. The molecule has 1 aliphatic heterocycles. The van der Waals surface area contributed by atoms with Crippen LogP contribution in [0.2, 0.25) is 0 Å². The molecule has 2 aromatic carbocycles. The molecule has 0 radical (unpaired) electrons. The molecule has 0 saturated heterocycles. The number of hydrogen-bond acceptors (Lipinski definition) is 3. The summed E-state index contributed by atoms with van der Waals surface area (Å²) in [5.41, 5.74) is 3.61. The minimum atomic E-state index is 0.0179. The molecule has 0 N–H and O–H groups in total. The lowest BCUT2D eigenvalue weighted by Gasteiger charge is -2.05. The van der Waals surface area contributed by atoms with E-state index in [1.807, 2.05) is 48.5 Å². The number of carbonyl (C=O) groups is 1. The van der Waals surface area contributed by atoms with E-state index in [9.17, 15) is 4.79 Å². The Balaban J connectivity index is 2.04. The van der Waals surface area contributed by atoms with Crippen LogP contribution in [0, 0.1) is 0 Å². The maximum absolute atomic E-state index is 12.7. The molecule has 3 nitrogen and oxygen atoms in total. The fourth-order valence-corrected chi connectivity index (χ4v) is 3.42. The van der Waals surface area contributed by atoms with Gasteiger partial charge in [-0.05, 0) is 23.8 Å². The number of thioether (sulfide) groups is 1. The molecule has 0 unspecified atom stereocenters. The van der Waals surface area contributed by atoms with Crippen LogP contribution in [0.25, 0.3) is 11.0 Å². The average Bonchev–Trinajstić information content (AvgIpc) is 2.76. The molecule has 0 aliphatic carbocycles. The fourth-order valence-electron chi connectivity index (χ4n) is 2.41. The van der Waals surface area contributed by atoms with Gasteiger partial charge in [0.25, 0.3) is 5.91 Å². The lowest BCUT2D eigenvalue weighted by molar-refractivity contribution is 0.0955. The standard InChI is InChI=1S/C15H10N2OS/c18-14-11-6-2-1-5-10(11)9-19-15-16-12-7-3-4-8-13(12)17(14)15/h1-8H,9H2. The highest BCUT2D eigenvalue weighted by Gasteiger charge is 2.23. The van der Waals surface area contributed by atoms with Gasteiger partial charge in [0.15, 0.2) is 5.16 Å². The molecule has 0 amide bonds. The second kappa shape index (κ2) is 3.96. The van der Waals surface area contributed by atoms with Gasteiger partial charge < -0.3 is 0 Å². The maximum atomic E-state index is 12.7. The van der Waals surface area contributed by atoms with Crippen LogP contribution in [0.4, 0.5) is 0 Å². The van der Waals surface area contributed by atoms with Crippen LogP contribution in [-0.4, -0.2) is 15.5 Å². The number of hydrogen-bond donors (Lipinski definition) is 0. The predicted octanol–water partition coefficient (Wildman–Crippen LogP) is 3.33. The van der Waals surface area contributed by atoms with Crippen LogP contribution in [-0.2, 0) is 5.75 Å². The summed E-state index contributed by atoms with van der Waals surface area (Å²) in [7, 11) is 0. The quantitative estimate of drug-likeness (QED) is 0.626. The van der Waals surface area contributed by atoms with Gasteiger partial charge in [0, 0.05) is 11.3 Å². The van der Waals surface area contributed by atoms with E-state index in [1.165, 1.54) is 0 Å². The summed E-state index contributed by atoms with van der Waals surface area (Å²) in [6.45, 7) is 0. The summed E-state index contributed by atoms with van der Waals surface area (Å²) >= 11 is 1.61. The molecule has 1 aliphatic rings. The van der Waals surface area contributed by atoms with Crippen molar-refractivity contribution in [3.8, 4) is 0 Å². The van der Waals surface area contributed by atoms with Crippen molar-refractivity contribution in [2.24, 2.45) is 0 Å². The number of aromatic nitrogens is 2. The lowest BCUT2D eigenvalue weighted by Crippen LogP contribution is -2.12. The van der Waals surface area contributed by atoms with Crippen molar-refractivity contribution in [1.82, 2.24) is 9.55 Å². The van der Waals surface area contributed by atoms with Crippen LogP contribution < -0.4 is 0 Å². The minimum Gasteiger partial charge on any atom is -0.268 e. The van der Waals surface area contributed by atoms with Gasteiger partial charge >= 0.3 is 0 Å². The van der Waals surface area contributed by atoms with E-state index in [4.69, 9.17) is 0 Å². The number of fused-ring (bicyclic) bond motifs is 4. The molecule has 4 rings (SSSR count). The molecule has 1 aromatic heterocycles. The molecule has 0 atom stereocenters. The summed E-state index contributed by atoms with van der Waals surface area (Å²) in [5.74, 6) is 0.801. The Hall–Kier alpha value is -2.07. The Morgan fingerprint density at radius 2 is 1.84 bits per heavy atom. The third kappa shape index (κ3) is 1.53. The zero-order valence-electron chi connectivity index (χ0n) is 10.0. The maximum Gasteiger partial charge on any atom is 0.264 e. The number of imidazole rings is 1. The first-order valence-corrected chi connectivity index (χ1v) is 7.06. The van der Waals surface area contributed by atoms with Crippen LogP contribution >= 0.6 is 11.8 Å². The summed E-state index contributed by atoms with van der Waals surface area (Å²) < 4.78 is 1.73. The van der Waals surface area contributed by atoms with Gasteiger partial charge in [0.05, 0.1) is 11.0 Å². The molecule has 0 spiro atoms. The molecule has 2 heterocycles. The lowest BCUT2D eigenvalue weighted by atomic mass is 10.1. The Labute approximate surface area is 114 Å². The third-order valence-corrected chi connectivity index (χ3v) is 4.33. The van der Waals surface area contributed by atoms with E-state index in [1.54, 1.807) is 16.3 Å². The first-order chi connectivity index (χ1) is 9.34. The first-order valence-electron chi connectivity index (χ1n) is 6.07. The van der Waals surface area contributed by atoms with Crippen molar-refractivity contribution in [2.45, 2.75) is 10.9 Å². The van der Waals surface area contributed by atoms with Crippen molar-refractivity contribution in [1.29, 1.82) is 0 Å². The number of carbonyl (C=O) groups excluding carboxylic acids is 1. The van der Waals surface area contributed by atoms with Crippen LogP contribution in [0.3, 0.4) is 0 Å². The van der Waals surface area contributed by atoms with Crippen LogP contribution in [0.15, 0.2) is 53.7 Å². The van der Waals surface area contributed by atoms with Gasteiger partial charge in [-0.15, -0.1) is 0 Å². The smallest absolute Gasteiger partial charge is 0.264 e. The van der Waals surface area contributed by atoms with E-state index >= 15 is 0 Å². The van der Waals surface area contributed by atoms with E-state index in [0.717, 1.165) is 33.1 Å². The first kappa shape index (κ1) is 10.8. The second-order valence-corrected chi connectivity index (χ2v) is 5.41. The van der Waals surface area contributed by atoms with Gasteiger partial charge in [-0.3, -0.25) is 9.36 Å². The zero-order chi connectivity index (χ0) is 12.8. The van der Waals surface area contributed by atoms with Crippen molar-refractivity contribution in [3.05, 3.63) is 59.7 Å². The van der Waals surface area contributed by atoms with Crippen molar-refractivity contribution < 1.29 is 4.79 Å². The molecular weight excluding hydrogens is 256 g/mol. The van der Waals surface area contributed by atoms with E-state index in [-0.39, 0.29) is 5.91 Å². The van der Waals surface area contributed by atoms with Crippen molar-refractivity contribution >= 4 is 28.7 Å². The van der Waals surface area contributed by atoms with Gasteiger partial charge in [0.2, 0.25) is 0 Å². The zero-order valence-corrected chi connectivity index (χ0v) is 10.9. The number of nitrogens with zero attached hydrogens (tertiary/aromatic N) is 2. The highest BCUT2D eigenvalue weighted by Crippen LogP contribution is 2.32. The Kier molecular flexibility index (Phi) is 2.26. The number of benzene rings is 2. The van der Waals surface area contributed by atoms with Gasteiger partial charge in [-0.25, -0.2) is 4.98 Å². The molecule has 92 valence electrons. The van der Waals surface area contributed by atoms with E-state index < -0.39 is 0 Å².